The number of pyridine rings is 1. The lowest BCUT2D eigenvalue weighted by atomic mass is 9.99. The zero-order valence-electron chi connectivity index (χ0n) is 20.4. The van der Waals surface area contributed by atoms with E-state index in [1.807, 2.05) is 14.1 Å². The van der Waals surface area contributed by atoms with Gasteiger partial charge >= 0.3 is 6.18 Å². The van der Waals surface area contributed by atoms with Crippen LogP contribution in [0.3, 0.4) is 0 Å². The second-order valence-electron chi connectivity index (χ2n) is 9.48. The van der Waals surface area contributed by atoms with Crippen molar-refractivity contribution in [3.63, 3.8) is 0 Å². The lowest BCUT2D eigenvalue weighted by molar-refractivity contribution is -0.137. The molecular formula is C24H37F3N4O3. The molecule has 3 rings (SSSR count). The number of aromatic nitrogens is 1. The summed E-state index contributed by atoms with van der Waals surface area (Å²) in [4.78, 5) is 20.8. The Balaban J connectivity index is 1.58. The van der Waals surface area contributed by atoms with Crippen molar-refractivity contribution in [1.82, 2.24) is 20.1 Å². The molecule has 192 valence electrons. The quantitative estimate of drug-likeness (QED) is 0.549. The minimum absolute atomic E-state index is 0.0188. The van der Waals surface area contributed by atoms with Crippen LogP contribution in [0.2, 0.25) is 0 Å². The van der Waals surface area contributed by atoms with E-state index in [1.165, 1.54) is 0 Å². The smallest absolute Gasteiger partial charge is 0.379 e. The fraction of sp³-hybridized carbons (Fsp3) is 0.750. The Labute approximate surface area is 200 Å². The zero-order valence-corrected chi connectivity index (χ0v) is 20.4. The first-order valence-corrected chi connectivity index (χ1v) is 12.0. The normalized spacial score (nSPS) is 22.0. The number of carbonyl (C=O) groups excluding carboxylic acids is 1. The highest BCUT2D eigenvalue weighted by Crippen LogP contribution is 2.31. The highest BCUT2D eigenvalue weighted by atomic mass is 19.4. The van der Waals surface area contributed by atoms with Gasteiger partial charge in [-0.2, -0.15) is 13.2 Å². The van der Waals surface area contributed by atoms with Gasteiger partial charge in [0, 0.05) is 63.6 Å². The summed E-state index contributed by atoms with van der Waals surface area (Å²) in [7, 11) is 5.77. The van der Waals surface area contributed by atoms with Gasteiger partial charge in [0.05, 0.1) is 18.3 Å². The van der Waals surface area contributed by atoms with Crippen LogP contribution in [0.15, 0.2) is 12.3 Å². The number of halogens is 3. The van der Waals surface area contributed by atoms with Gasteiger partial charge < -0.3 is 24.6 Å². The lowest BCUT2D eigenvalue weighted by Gasteiger charge is -2.35. The van der Waals surface area contributed by atoms with Crippen molar-refractivity contribution >= 4 is 5.91 Å². The molecule has 1 N–H and O–H groups in total. The first kappa shape index (κ1) is 26.8. The second kappa shape index (κ2) is 12.3. The van der Waals surface area contributed by atoms with Gasteiger partial charge in [0.15, 0.2) is 0 Å². The van der Waals surface area contributed by atoms with E-state index >= 15 is 0 Å². The highest BCUT2D eigenvalue weighted by Gasteiger charge is 2.33. The molecular weight excluding hydrogens is 449 g/mol. The van der Waals surface area contributed by atoms with Gasteiger partial charge in [-0.15, -0.1) is 0 Å². The van der Waals surface area contributed by atoms with Gasteiger partial charge in [-0.25, -0.2) is 0 Å². The summed E-state index contributed by atoms with van der Waals surface area (Å²) in [6.45, 7) is 2.86. The fourth-order valence-electron chi connectivity index (χ4n) is 4.65. The second-order valence-corrected chi connectivity index (χ2v) is 9.48. The summed E-state index contributed by atoms with van der Waals surface area (Å²) in [5.74, 6) is -0.0299. The van der Waals surface area contributed by atoms with Crippen LogP contribution in [0.4, 0.5) is 13.2 Å². The Morgan fingerprint density at radius 3 is 2.88 bits per heavy atom. The third kappa shape index (κ3) is 7.63. The van der Waals surface area contributed by atoms with E-state index in [0.29, 0.717) is 50.3 Å². The maximum absolute atomic E-state index is 13.1. The summed E-state index contributed by atoms with van der Waals surface area (Å²) in [5, 5.41) is 3.70. The number of alkyl halides is 3. The summed E-state index contributed by atoms with van der Waals surface area (Å²) < 4.78 is 50.3. The van der Waals surface area contributed by atoms with Crippen molar-refractivity contribution in [3.05, 3.63) is 29.1 Å². The zero-order chi connectivity index (χ0) is 24.7. The number of hydrogen-bond donors (Lipinski definition) is 1. The monoisotopic (exact) mass is 486 g/mol. The largest absolute Gasteiger partial charge is 0.417 e. The topological polar surface area (TPSA) is 66.9 Å². The molecule has 1 saturated heterocycles. The molecule has 10 heteroatoms. The molecule has 0 aromatic carbocycles. The van der Waals surface area contributed by atoms with Gasteiger partial charge in [0.1, 0.15) is 0 Å². The molecule has 2 aliphatic heterocycles. The Bertz CT molecular complexity index is 806. The van der Waals surface area contributed by atoms with Gasteiger partial charge in [0.25, 0.3) is 0 Å². The Hall–Kier alpha value is -1.75. The van der Waals surface area contributed by atoms with Gasteiger partial charge in [0.2, 0.25) is 5.91 Å². The number of nitrogens with one attached hydrogen (secondary N) is 1. The standard InChI is InChI=1S/C24H37F3N4O3/c1-30(2)10-4-5-19(29-21-9-12-34-16-22(21)33-3)6-7-23(32)31-11-8-20-17(15-31)13-18(14-28-20)24(25,26)27/h13-14,19,21-22,29H,4-12,15-16H2,1-3H3. The van der Waals surface area contributed by atoms with Crippen molar-refractivity contribution in [2.75, 3.05) is 47.5 Å². The summed E-state index contributed by atoms with van der Waals surface area (Å²) in [6.07, 6.45) is 0.703. The Kier molecular flexibility index (Phi) is 9.70. The van der Waals surface area contributed by atoms with Crippen molar-refractivity contribution in [1.29, 1.82) is 0 Å². The third-order valence-corrected chi connectivity index (χ3v) is 6.64. The predicted octanol–water partition coefficient (Wildman–Crippen LogP) is 2.87. The van der Waals surface area contributed by atoms with E-state index < -0.39 is 11.7 Å². The first-order chi connectivity index (χ1) is 16.2. The minimum atomic E-state index is -4.44. The Morgan fingerprint density at radius 2 is 2.18 bits per heavy atom. The van der Waals surface area contributed by atoms with Crippen LogP contribution in [0.1, 0.15) is 48.9 Å². The number of hydrogen-bond acceptors (Lipinski definition) is 6. The van der Waals surface area contributed by atoms with Gasteiger partial charge in [-0.05, 0) is 58.0 Å². The number of methoxy groups -OCH3 is 1. The molecule has 3 heterocycles. The molecule has 0 aliphatic carbocycles. The van der Waals surface area contributed by atoms with Crippen molar-refractivity contribution in [3.8, 4) is 0 Å². The van der Waals surface area contributed by atoms with Crippen LogP contribution in [0, 0.1) is 0 Å². The minimum Gasteiger partial charge on any atom is -0.379 e. The van der Waals surface area contributed by atoms with Crippen LogP contribution in [-0.2, 0) is 33.4 Å². The van der Waals surface area contributed by atoms with E-state index in [4.69, 9.17) is 9.47 Å². The van der Waals surface area contributed by atoms with Crippen LogP contribution in [0.5, 0.6) is 0 Å². The van der Waals surface area contributed by atoms with Crippen LogP contribution in [0.25, 0.3) is 0 Å². The third-order valence-electron chi connectivity index (χ3n) is 6.64. The number of carbonyl (C=O) groups is 1. The molecule has 1 fully saturated rings. The molecule has 7 nitrogen and oxygen atoms in total. The molecule has 34 heavy (non-hydrogen) atoms. The molecule has 3 atom stereocenters. The van der Waals surface area contributed by atoms with Gasteiger partial charge in [-0.3, -0.25) is 9.78 Å². The van der Waals surface area contributed by atoms with E-state index in [-0.39, 0.29) is 30.6 Å². The van der Waals surface area contributed by atoms with E-state index in [1.54, 1.807) is 12.0 Å². The SMILES string of the molecule is COC1COCCC1NC(CCCN(C)C)CCC(=O)N1CCc2ncc(C(F)(F)F)cc2C1. The number of fused-ring (bicyclic) bond motifs is 1. The van der Waals surface area contributed by atoms with Crippen molar-refractivity contribution in [2.24, 2.45) is 0 Å². The molecule has 0 spiro atoms. The number of rotatable bonds is 10. The van der Waals surface area contributed by atoms with E-state index in [0.717, 1.165) is 38.1 Å². The predicted molar refractivity (Wildman–Crippen MR) is 122 cm³/mol. The number of ether oxygens (including phenoxy) is 2. The molecule has 0 radical (unpaired) electrons. The fourth-order valence-corrected chi connectivity index (χ4v) is 4.65. The van der Waals surface area contributed by atoms with Crippen molar-refractivity contribution < 1.29 is 27.4 Å². The molecule has 1 aromatic heterocycles. The number of nitrogens with zero attached hydrogens (tertiary/aromatic N) is 3. The molecule has 3 unspecified atom stereocenters. The van der Waals surface area contributed by atoms with Crippen LogP contribution < -0.4 is 5.32 Å². The van der Waals surface area contributed by atoms with Crippen molar-refractivity contribution in [2.45, 2.75) is 69.4 Å². The number of amides is 1. The molecule has 0 bridgehead atoms. The summed E-state index contributed by atoms with van der Waals surface area (Å²) >= 11 is 0. The molecule has 0 saturated carbocycles. The average Bonchev–Trinajstić information content (AvgIpc) is 2.81. The molecule has 2 aliphatic rings. The van der Waals surface area contributed by atoms with Crippen LogP contribution in [-0.4, -0.2) is 86.4 Å². The lowest BCUT2D eigenvalue weighted by Crippen LogP contribution is -2.51. The maximum Gasteiger partial charge on any atom is 0.417 e. The molecule has 1 amide bonds. The average molecular weight is 487 g/mol. The van der Waals surface area contributed by atoms with Crippen LogP contribution >= 0.6 is 0 Å². The molecule has 1 aromatic rings. The van der Waals surface area contributed by atoms with Gasteiger partial charge in [-0.1, -0.05) is 0 Å². The Morgan fingerprint density at radius 1 is 1.38 bits per heavy atom. The summed E-state index contributed by atoms with van der Waals surface area (Å²) in [5.41, 5.74) is 0.362. The summed E-state index contributed by atoms with van der Waals surface area (Å²) in [6, 6.07) is 1.45. The first-order valence-electron chi connectivity index (χ1n) is 12.0. The van der Waals surface area contributed by atoms with E-state index in [9.17, 15) is 18.0 Å². The maximum atomic E-state index is 13.1. The van der Waals surface area contributed by atoms with E-state index in [2.05, 4.69) is 15.2 Å². The highest BCUT2D eigenvalue weighted by molar-refractivity contribution is 5.76.